The zero-order valence-electron chi connectivity index (χ0n) is 18.5. The Hall–Kier alpha value is -1.12. The van der Waals surface area contributed by atoms with Crippen LogP contribution in [0, 0.1) is 22.7 Å². The molecule has 0 heterocycles. The minimum atomic E-state index is -0.862. The maximum Gasteiger partial charge on any atom is 0.0803 e. The molecule has 0 aliphatic heterocycles. The van der Waals surface area contributed by atoms with Crippen molar-refractivity contribution in [1.82, 2.24) is 0 Å². The van der Waals surface area contributed by atoms with Gasteiger partial charge in [0.1, 0.15) is 0 Å². The Bertz CT molecular complexity index is 686. The fourth-order valence-corrected chi connectivity index (χ4v) is 6.63. The van der Waals surface area contributed by atoms with Gasteiger partial charge in [-0.2, -0.15) is 0 Å². The van der Waals surface area contributed by atoms with Crippen LogP contribution < -0.4 is 0 Å². The monoisotopic (exact) mass is 384 g/mol. The highest BCUT2D eigenvalue weighted by atomic mass is 16.3. The summed E-state index contributed by atoms with van der Waals surface area (Å²) in [5, 5.41) is 22.3. The van der Waals surface area contributed by atoms with E-state index in [-0.39, 0.29) is 11.3 Å². The van der Waals surface area contributed by atoms with E-state index in [4.69, 9.17) is 0 Å². The quantitative estimate of drug-likeness (QED) is 0.632. The molecular formula is C26H40O2. The van der Waals surface area contributed by atoms with Gasteiger partial charge in [-0.05, 0) is 80.6 Å². The summed E-state index contributed by atoms with van der Waals surface area (Å²) in [4.78, 5) is 0. The minimum Gasteiger partial charge on any atom is -0.390 e. The van der Waals surface area contributed by atoms with Crippen LogP contribution in [-0.2, 0) is 0 Å². The molecule has 0 bridgehead atoms. The smallest absolute Gasteiger partial charge is 0.0803 e. The number of benzene rings is 1. The third kappa shape index (κ3) is 4.39. The first-order chi connectivity index (χ1) is 13.0. The highest BCUT2D eigenvalue weighted by molar-refractivity contribution is 5.50. The molecule has 1 aromatic carbocycles. The van der Waals surface area contributed by atoms with Gasteiger partial charge in [-0.3, -0.25) is 0 Å². The summed E-state index contributed by atoms with van der Waals surface area (Å²) in [6.45, 7) is 11.2. The van der Waals surface area contributed by atoms with E-state index in [2.05, 4.69) is 20.8 Å². The summed E-state index contributed by atoms with van der Waals surface area (Å²) >= 11 is 0. The molecule has 5 atom stereocenters. The Balaban J connectivity index is 1.76. The molecule has 2 nitrogen and oxygen atoms in total. The van der Waals surface area contributed by atoms with Crippen molar-refractivity contribution >= 4 is 6.08 Å². The van der Waals surface area contributed by atoms with Crippen LogP contribution in [-0.4, -0.2) is 21.4 Å². The van der Waals surface area contributed by atoms with Gasteiger partial charge in [0.15, 0.2) is 0 Å². The summed E-state index contributed by atoms with van der Waals surface area (Å²) in [6, 6.07) is 10.1. The van der Waals surface area contributed by atoms with Gasteiger partial charge in [-0.1, -0.05) is 69.7 Å². The Labute approximate surface area is 172 Å². The van der Waals surface area contributed by atoms with Gasteiger partial charge in [0, 0.05) is 0 Å². The van der Waals surface area contributed by atoms with Crippen molar-refractivity contribution in [1.29, 1.82) is 0 Å². The molecule has 3 rings (SSSR count). The van der Waals surface area contributed by atoms with Crippen molar-refractivity contribution in [3.8, 4) is 0 Å². The van der Waals surface area contributed by atoms with Crippen LogP contribution in [0.2, 0.25) is 0 Å². The second kappa shape index (κ2) is 7.61. The van der Waals surface area contributed by atoms with Crippen molar-refractivity contribution < 1.29 is 10.2 Å². The normalized spacial score (nSPS) is 37.4. The van der Waals surface area contributed by atoms with E-state index in [0.29, 0.717) is 17.8 Å². The van der Waals surface area contributed by atoms with Crippen LogP contribution in [0.25, 0.3) is 6.08 Å². The summed E-state index contributed by atoms with van der Waals surface area (Å²) in [5.41, 5.74) is 0.103. The van der Waals surface area contributed by atoms with Crippen molar-refractivity contribution in [3.05, 3.63) is 42.0 Å². The SMILES string of the molecule is CC1(C)CCC[C@]2(C)C(CC[C@@](C)(O)/C=C/c3ccccc3)[C@](C)(O)CC[C@@H]12. The third-order valence-electron chi connectivity index (χ3n) is 8.14. The van der Waals surface area contributed by atoms with E-state index in [1.807, 2.05) is 56.3 Å². The largest absolute Gasteiger partial charge is 0.390 e. The minimum absolute atomic E-state index is 0.155. The summed E-state index contributed by atoms with van der Waals surface area (Å²) < 4.78 is 0. The fourth-order valence-electron chi connectivity index (χ4n) is 6.63. The predicted octanol–water partition coefficient (Wildman–Crippen LogP) is 6.22. The number of hydrogen-bond acceptors (Lipinski definition) is 2. The number of hydrogen-bond donors (Lipinski definition) is 2. The van der Waals surface area contributed by atoms with E-state index < -0.39 is 11.2 Å². The van der Waals surface area contributed by atoms with Crippen molar-refractivity contribution in [3.63, 3.8) is 0 Å². The zero-order chi connectivity index (χ0) is 20.6. The summed E-state index contributed by atoms with van der Waals surface area (Å²) in [5.74, 6) is 0.888. The average Bonchev–Trinajstić information content (AvgIpc) is 2.59. The van der Waals surface area contributed by atoms with Gasteiger partial charge in [-0.15, -0.1) is 0 Å². The maximum atomic E-state index is 11.3. The second-order valence-electron chi connectivity index (χ2n) is 11.0. The lowest BCUT2D eigenvalue weighted by molar-refractivity contribution is -0.171. The first kappa shape index (κ1) is 21.6. The van der Waals surface area contributed by atoms with Crippen LogP contribution in [0.5, 0.6) is 0 Å². The molecule has 1 aromatic rings. The van der Waals surface area contributed by atoms with Crippen LogP contribution >= 0.6 is 0 Å². The molecule has 156 valence electrons. The van der Waals surface area contributed by atoms with Gasteiger partial charge in [0.25, 0.3) is 0 Å². The van der Waals surface area contributed by atoms with E-state index in [1.54, 1.807) is 0 Å². The molecule has 0 amide bonds. The molecule has 0 aromatic heterocycles. The van der Waals surface area contributed by atoms with Gasteiger partial charge in [-0.25, -0.2) is 0 Å². The van der Waals surface area contributed by atoms with E-state index in [0.717, 1.165) is 24.8 Å². The highest BCUT2D eigenvalue weighted by Gasteiger charge is 2.57. The molecule has 2 heteroatoms. The molecule has 2 saturated carbocycles. The van der Waals surface area contributed by atoms with E-state index in [1.165, 1.54) is 19.3 Å². The lowest BCUT2D eigenvalue weighted by Gasteiger charge is -2.61. The predicted molar refractivity (Wildman–Crippen MR) is 118 cm³/mol. The Morgan fingerprint density at radius 3 is 2.43 bits per heavy atom. The number of rotatable bonds is 5. The third-order valence-corrected chi connectivity index (χ3v) is 8.14. The summed E-state index contributed by atoms with van der Waals surface area (Å²) in [7, 11) is 0. The lowest BCUT2D eigenvalue weighted by Crippen LogP contribution is -2.57. The second-order valence-corrected chi connectivity index (χ2v) is 11.0. The molecule has 28 heavy (non-hydrogen) atoms. The molecule has 2 N–H and O–H groups in total. The van der Waals surface area contributed by atoms with Crippen LogP contribution in [0.4, 0.5) is 0 Å². The van der Waals surface area contributed by atoms with E-state index in [9.17, 15) is 10.2 Å². The molecule has 2 aliphatic carbocycles. The summed E-state index contributed by atoms with van der Waals surface area (Å²) in [6.07, 6.45) is 11.2. The highest BCUT2D eigenvalue weighted by Crippen LogP contribution is 2.63. The average molecular weight is 385 g/mol. The Kier molecular flexibility index (Phi) is 5.87. The van der Waals surface area contributed by atoms with Crippen LogP contribution in [0.15, 0.2) is 36.4 Å². The Morgan fingerprint density at radius 1 is 1.07 bits per heavy atom. The molecule has 0 radical (unpaired) electrons. The molecule has 2 aliphatic rings. The molecule has 0 saturated heterocycles. The maximum absolute atomic E-state index is 11.3. The molecular weight excluding hydrogens is 344 g/mol. The van der Waals surface area contributed by atoms with Crippen molar-refractivity contribution in [2.24, 2.45) is 22.7 Å². The first-order valence-electron chi connectivity index (χ1n) is 11.2. The number of fused-ring (bicyclic) bond motifs is 1. The number of aliphatic hydroxyl groups is 2. The van der Waals surface area contributed by atoms with Crippen LogP contribution in [0.3, 0.4) is 0 Å². The zero-order valence-corrected chi connectivity index (χ0v) is 18.5. The molecule has 0 spiro atoms. The fraction of sp³-hybridized carbons (Fsp3) is 0.692. The topological polar surface area (TPSA) is 40.5 Å². The van der Waals surface area contributed by atoms with Crippen molar-refractivity contribution in [2.45, 2.75) is 90.8 Å². The van der Waals surface area contributed by atoms with Gasteiger partial charge in [0.05, 0.1) is 11.2 Å². The molecule has 1 unspecified atom stereocenters. The Morgan fingerprint density at radius 2 is 1.75 bits per heavy atom. The lowest BCUT2D eigenvalue weighted by atomic mass is 9.45. The van der Waals surface area contributed by atoms with Crippen molar-refractivity contribution in [2.75, 3.05) is 0 Å². The van der Waals surface area contributed by atoms with Gasteiger partial charge >= 0.3 is 0 Å². The van der Waals surface area contributed by atoms with Gasteiger partial charge < -0.3 is 10.2 Å². The standard InChI is InChI=1S/C26H40O2/c1-23(2)15-9-16-25(4)21(23)14-19-26(5,28)22(25)13-18-24(3,27)17-12-20-10-7-6-8-11-20/h6-8,10-12,17,21-22,27-28H,9,13-16,18-19H2,1-5H3/b17-12+/t21-,22?,24-,25-,26+/m0/s1. The molecule has 2 fully saturated rings. The van der Waals surface area contributed by atoms with Gasteiger partial charge in [0.2, 0.25) is 0 Å². The van der Waals surface area contributed by atoms with Crippen LogP contribution in [0.1, 0.15) is 85.1 Å². The first-order valence-corrected chi connectivity index (χ1v) is 11.2. The van der Waals surface area contributed by atoms with E-state index >= 15 is 0 Å².